The molecule has 288 valence electrons. The first kappa shape index (κ1) is 40.6. The molecule has 0 spiro atoms. The molecule has 1 amide bonds. The molecule has 1 atom stereocenters. The summed E-state index contributed by atoms with van der Waals surface area (Å²) in [5.74, 6) is 0.0674. The van der Waals surface area contributed by atoms with Crippen LogP contribution in [0.5, 0.6) is 5.75 Å². The molecule has 3 aromatic carbocycles. The van der Waals surface area contributed by atoms with E-state index in [0.29, 0.717) is 61.1 Å². The van der Waals surface area contributed by atoms with Crippen molar-refractivity contribution in [2.45, 2.75) is 83.9 Å². The number of carbonyl (C=O) groups is 2. The first-order valence-corrected chi connectivity index (χ1v) is 20.2. The predicted molar refractivity (Wildman–Crippen MR) is 216 cm³/mol. The SMILES string of the molecule is CCCCOCCOc1ccc(-c2ccc3c(c2)/C=C(/C(=O)Nc2ccc([S@@+]([O-])Cc4c(C)ncn4CCC)cc2)CCCN3CC(C)(C)C(=O)O)cc1. The molecular formula is C43H54N4O6S. The maximum atomic E-state index is 13.8. The second kappa shape index (κ2) is 19.1. The van der Waals surface area contributed by atoms with Gasteiger partial charge in [-0.2, -0.15) is 0 Å². The summed E-state index contributed by atoms with van der Waals surface area (Å²) in [6, 6.07) is 21.2. The third-order valence-electron chi connectivity index (χ3n) is 9.62. The van der Waals surface area contributed by atoms with Gasteiger partial charge in [0.25, 0.3) is 5.91 Å². The minimum atomic E-state index is -1.27. The number of rotatable bonds is 18. The largest absolute Gasteiger partial charge is 0.611 e. The molecule has 2 N–H and O–H groups in total. The van der Waals surface area contributed by atoms with E-state index >= 15 is 0 Å². The lowest BCUT2D eigenvalue weighted by Crippen LogP contribution is -2.40. The molecule has 5 rings (SSSR count). The molecule has 1 aromatic heterocycles. The number of amides is 1. The lowest BCUT2D eigenvalue weighted by molar-refractivity contribution is -0.146. The van der Waals surface area contributed by atoms with E-state index in [1.54, 1.807) is 38.1 Å². The van der Waals surface area contributed by atoms with Gasteiger partial charge in [0.2, 0.25) is 0 Å². The van der Waals surface area contributed by atoms with Crippen LogP contribution in [0.15, 0.2) is 83.5 Å². The van der Waals surface area contributed by atoms with Gasteiger partial charge in [-0.15, -0.1) is 0 Å². The Balaban J connectivity index is 1.34. The number of aromatic nitrogens is 2. The summed E-state index contributed by atoms with van der Waals surface area (Å²) in [4.78, 5) is 33.1. The molecule has 4 aromatic rings. The molecule has 1 aliphatic heterocycles. The molecule has 0 fully saturated rings. The molecule has 0 saturated heterocycles. The molecule has 11 heteroatoms. The van der Waals surface area contributed by atoms with Crippen molar-refractivity contribution in [1.29, 1.82) is 0 Å². The van der Waals surface area contributed by atoms with Gasteiger partial charge in [-0.25, -0.2) is 4.98 Å². The van der Waals surface area contributed by atoms with Gasteiger partial charge in [0.1, 0.15) is 12.4 Å². The van der Waals surface area contributed by atoms with E-state index in [0.717, 1.165) is 71.9 Å². The summed E-state index contributed by atoms with van der Waals surface area (Å²) in [5, 5.41) is 13.0. The summed E-state index contributed by atoms with van der Waals surface area (Å²) < 4.78 is 26.8. The Kier molecular flexibility index (Phi) is 14.4. The molecule has 0 radical (unpaired) electrons. The Morgan fingerprint density at radius 2 is 1.72 bits per heavy atom. The van der Waals surface area contributed by atoms with Crippen molar-refractivity contribution in [3.8, 4) is 16.9 Å². The fourth-order valence-electron chi connectivity index (χ4n) is 6.42. The molecule has 0 unspecified atom stereocenters. The summed E-state index contributed by atoms with van der Waals surface area (Å²) >= 11 is -1.27. The van der Waals surface area contributed by atoms with Crippen molar-refractivity contribution >= 4 is 40.5 Å². The lowest BCUT2D eigenvalue weighted by Gasteiger charge is -2.34. The topological polar surface area (TPSA) is 129 Å². The van der Waals surface area contributed by atoms with Crippen molar-refractivity contribution in [1.82, 2.24) is 9.55 Å². The van der Waals surface area contributed by atoms with Gasteiger partial charge in [0.05, 0.1) is 29.7 Å². The van der Waals surface area contributed by atoms with Crippen LogP contribution in [-0.2, 0) is 37.8 Å². The molecule has 2 heterocycles. The highest BCUT2D eigenvalue weighted by Crippen LogP contribution is 2.35. The van der Waals surface area contributed by atoms with Gasteiger partial charge in [-0.05, 0) is 129 Å². The van der Waals surface area contributed by atoms with Gasteiger partial charge < -0.3 is 33.9 Å². The summed E-state index contributed by atoms with van der Waals surface area (Å²) in [5.41, 5.74) is 5.81. The smallest absolute Gasteiger partial charge is 0.310 e. The van der Waals surface area contributed by atoms with Crippen molar-refractivity contribution in [3.05, 3.63) is 95.6 Å². The molecule has 0 saturated carbocycles. The highest BCUT2D eigenvalue weighted by atomic mass is 32.2. The van der Waals surface area contributed by atoms with Crippen LogP contribution in [0.3, 0.4) is 0 Å². The maximum Gasteiger partial charge on any atom is 0.310 e. The van der Waals surface area contributed by atoms with Crippen LogP contribution in [-0.4, -0.2) is 64.0 Å². The summed E-state index contributed by atoms with van der Waals surface area (Å²) in [6.45, 7) is 13.2. The average Bonchev–Trinajstić information content (AvgIpc) is 3.49. The number of hydrogen-bond donors (Lipinski definition) is 2. The Morgan fingerprint density at radius 3 is 2.43 bits per heavy atom. The number of nitrogens with zero attached hydrogens (tertiary/aromatic N) is 3. The van der Waals surface area contributed by atoms with E-state index < -0.39 is 22.6 Å². The average molecular weight is 755 g/mol. The minimum Gasteiger partial charge on any atom is -0.611 e. The van der Waals surface area contributed by atoms with Gasteiger partial charge in [-0.1, -0.05) is 38.5 Å². The second-order valence-corrected chi connectivity index (χ2v) is 15.9. The number of benzene rings is 3. The molecule has 1 aliphatic rings. The van der Waals surface area contributed by atoms with Crippen LogP contribution in [0, 0.1) is 12.3 Å². The fraction of sp³-hybridized carbons (Fsp3) is 0.419. The van der Waals surface area contributed by atoms with Crippen LogP contribution in [0.25, 0.3) is 17.2 Å². The number of anilines is 2. The van der Waals surface area contributed by atoms with E-state index in [4.69, 9.17) is 9.47 Å². The van der Waals surface area contributed by atoms with E-state index in [2.05, 4.69) is 39.7 Å². The number of imidazole rings is 1. The van der Waals surface area contributed by atoms with Crippen molar-refractivity contribution < 1.29 is 28.7 Å². The third kappa shape index (κ3) is 10.8. The number of aliphatic carboxylic acids is 1. The fourth-order valence-corrected chi connectivity index (χ4v) is 7.64. The van der Waals surface area contributed by atoms with Gasteiger partial charge >= 0.3 is 5.97 Å². The standard InChI is InChI=1S/C43H54N4O6S/c1-6-8-23-52-24-25-53-37-16-11-32(12-17-37)33-13-20-39-35(26-33)27-34(10-9-22-46(39)29-43(4,5)42(49)50)41(48)45-36-14-18-38(19-15-36)54(51)28-40-31(3)44-30-47(40)21-7-2/h11-20,26-27,30H,6-10,21-25,28-29H2,1-5H3,(H,45,48)(H,49,50)/b34-27+/t54-/m0/s1. The third-order valence-corrected chi connectivity index (χ3v) is 11.0. The van der Waals surface area contributed by atoms with Gasteiger partial charge in [0.15, 0.2) is 10.6 Å². The van der Waals surface area contributed by atoms with Gasteiger partial charge in [0, 0.05) is 43.2 Å². The van der Waals surface area contributed by atoms with Crippen LogP contribution < -0.4 is 15.0 Å². The van der Waals surface area contributed by atoms with Crippen molar-refractivity contribution in [2.24, 2.45) is 5.41 Å². The minimum absolute atomic E-state index is 0.209. The van der Waals surface area contributed by atoms with E-state index in [1.807, 2.05) is 55.7 Å². The Hall–Kier alpha value is -4.58. The van der Waals surface area contributed by atoms with Crippen LogP contribution >= 0.6 is 0 Å². The first-order valence-electron chi connectivity index (χ1n) is 18.9. The second-order valence-electron chi connectivity index (χ2n) is 14.4. The number of fused-ring (bicyclic) bond motifs is 1. The lowest BCUT2D eigenvalue weighted by atomic mass is 9.91. The quantitative estimate of drug-likeness (QED) is 0.0765. The maximum absolute atomic E-state index is 13.8. The number of carboxylic acids is 1. The number of aryl methyl sites for hydroxylation is 2. The summed E-state index contributed by atoms with van der Waals surface area (Å²) in [7, 11) is 0. The predicted octanol–water partition coefficient (Wildman–Crippen LogP) is 8.50. The number of unbranched alkanes of at least 4 members (excludes halogenated alkanes) is 1. The highest BCUT2D eigenvalue weighted by Gasteiger charge is 2.31. The van der Waals surface area contributed by atoms with Crippen molar-refractivity contribution in [2.75, 3.05) is 43.1 Å². The number of carboxylic acid groups (broad SMARTS) is 1. The van der Waals surface area contributed by atoms with E-state index in [1.165, 1.54) is 0 Å². The normalized spacial score (nSPS) is 14.7. The van der Waals surface area contributed by atoms with Crippen LogP contribution in [0.1, 0.15) is 76.8 Å². The zero-order valence-electron chi connectivity index (χ0n) is 32.2. The molecule has 54 heavy (non-hydrogen) atoms. The zero-order valence-corrected chi connectivity index (χ0v) is 33.0. The van der Waals surface area contributed by atoms with Crippen LogP contribution in [0.2, 0.25) is 0 Å². The monoisotopic (exact) mass is 754 g/mol. The van der Waals surface area contributed by atoms with E-state index in [-0.39, 0.29) is 5.91 Å². The molecule has 10 nitrogen and oxygen atoms in total. The number of ether oxygens (including phenoxy) is 2. The highest BCUT2D eigenvalue weighted by molar-refractivity contribution is 7.90. The summed E-state index contributed by atoms with van der Waals surface area (Å²) in [6.07, 6.45) is 8.03. The Morgan fingerprint density at radius 1 is 0.981 bits per heavy atom. The Labute approximate surface area is 322 Å². The molecule has 0 bridgehead atoms. The zero-order chi connectivity index (χ0) is 38.7. The molecule has 0 aliphatic carbocycles. The number of carbonyl (C=O) groups excluding carboxylic acids is 1. The number of hydrogen-bond acceptors (Lipinski definition) is 7. The van der Waals surface area contributed by atoms with Crippen molar-refractivity contribution in [3.63, 3.8) is 0 Å². The first-order chi connectivity index (χ1) is 26.0. The van der Waals surface area contributed by atoms with E-state index in [9.17, 15) is 19.2 Å². The van der Waals surface area contributed by atoms with Crippen LogP contribution in [0.4, 0.5) is 11.4 Å². The number of nitrogens with one attached hydrogen (secondary N) is 1. The Bertz CT molecular complexity index is 1890. The van der Waals surface area contributed by atoms with Gasteiger partial charge in [-0.3, -0.25) is 9.59 Å². The molecular weight excluding hydrogens is 701 g/mol.